The van der Waals surface area contributed by atoms with Crippen molar-refractivity contribution in [2.24, 2.45) is 0 Å². The Labute approximate surface area is 97.0 Å². The molecule has 1 rings (SSSR count). The highest BCUT2D eigenvalue weighted by atomic mass is 19.1. The molecular weight excluding hydrogens is 205 g/mol. The number of likely N-dealkylation sites (N-methyl/N-ethyl adjacent to an activating group) is 1. The van der Waals surface area contributed by atoms with Crippen LogP contribution in [0.5, 0.6) is 5.75 Å². The Hall–Kier alpha value is -1.09. The maximum Gasteiger partial charge on any atom is 0.167 e. The summed E-state index contributed by atoms with van der Waals surface area (Å²) < 4.78 is 19.0. The molecule has 0 spiro atoms. The Kier molecular flexibility index (Phi) is 5.26. The first kappa shape index (κ1) is 13.0. The molecule has 1 aromatic rings. The highest BCUT2D eigenvalue weighted by Gasteiger charge is 2.06. The normalized spacial score (nSPS) is 10.8. The van der Waals surface area contributed by atoms with Gasteiger partial charge in [0.05, 0.1) is 0 Å². The molecule has 0 saturated carbocycles. The maximum atomic E-state index is 13.6. The van der Waals surface area contributed by atoms with Crippen molar-refractivity contribution in [1.29, 1.82) is 0 Å². The molecule has 0 aliphatic heterocycles. The zero-order chi connectivity index (χ0) is 12.0. The van der Waals surface area contributed by atoms with Crippen molar-refractivity contribution in [3.05, 3.63) is 29.6 Å². The lowest BCUT2D eigenvalue weighted by Gasteiger charge is -2.18. The minimum atomic E-state index is -0.248. The number of halogens is 1. The van der Waals surface area contributed by atoms with Crippen molar-refractivity contribution in [2.75, 3.05) is 26.2 Å². The quantitative estimate of drug-likeness (QED) is 0.738. The van der Waals surface area contributed by atoms with Crippen LogP contribution in [0, 0.1) is 12.7 Å². The summed E-state index contributed by atoms with van der Waals surface area (Å²) in [6.07, 6.45) is 0. The van der Waals surface area contributed by atoms with Crippen LogP contribution in [0.15, 0.2) is 18.2 Å². The molecule has 0 saturated heterocycles. The SMILES string of the molecule is CCN(CC)CCOc1cccc(C)c1F. The first-order chi connectivity index (χ1) is 7.69. The van der Waals surface area contributed by atoms with Crippen LogP contribution in [-0.2, 0) is 0 Å². The molecule has 0 fully saturated rings. The van der Waals surface area contributed by atoms with Crippen LogP contribution < -0.4 is 4.74 Å². The smallest absolute Gasteiger partial charge is 0.167 e. The molecule has 0 aromatic heterocycles. The zero-order valence-electron chi connectivity index (χ0n) is 10.3. The Morgan fingerprint density at radius 1 is 1.25 bits per heavy atom. The lowest BCUT2D eigenvalue weighted by molar-refractivity contribution is 0.217. The Morgan fingerprint density at radius 3 is 2.56 bits per heavy atom. The van der Waals surface area contributed by atoms with Crippen molar-refractivity contribution in [3.8, 4) is 5.75 Å². The van der Waals surface area contributed by atoms with Gasteiger partial charge in [0.15, 0.2) is 11.6 Å². The van der Waals surface area contributed by atoms with Crippen molar-refractivity contribution >= 4 is 0 Å². The summed E-state index contributed by atoms with van der Waals surface area (Å²) in [6, 6.07) is 5.22. The Bertz CT molecular complexity index is 324. The van der Waals surface area contributed by atoms with Crippen LogP contribution >= 0.6 is 0 Å². The summed E-state index contributed by atoms with van der Waals surface area (Å²) in [4.78, 5) is 2.24. The predicted octanol–water partition coefficient (Wildman–Crippen LogP) is 2.85. The van der Waals surface area contributed by atoms with Crippen LogP contribution in [0.2, 0.25) is 0 Å². The molecule has 16 heavy (non-hydrogen) atoms. The number of nitrogens with zero attached hydrogens (tertiary/aromatic N) is 1. The number of ether oxygens (including phenoxy) is 1. The molecule has 1 aromatic carbocycles. The summed E-state index contributed by atoms with van der Waals surface area (Å²) in [5, 5.41) is 0. The van der Waals surface area contributed by atoms with E-state index in [4.69, 9.17) is 4.74 Å². The van der Waals surface area contributed by atoms with Gasteiger partial charge in [-0.2, -0.15) is 0 Å². The molecule has 0 aliphatic carbocycles. The van der Waals surface area contributed by atoms with E-state index in [2.05, 4.69) is 18.7 Å². The highest BCUT2D eigenvalue weighted by Crippen LogP contribution is 2.19. The molecule has 0 heterocycles. The minimum absolute atomic E-state index is 0.248. The van der Waals surface area contributed by atoms with E-state index >= 15 is 0 Å². The van der Waals surface area contributed by atoms with E-state index in [1.165, 1.54) is 0 Å². The van der Waals surface area contributed by atoms with E-state index < -0.39 is 0 Å². The van der Waals surface area contributed by atoms with Crippen LogP contribution in [0.3, 0.4) is 0 Å². The van der Waals surface area contributed by atoms with Gasteiger partial charge in [-0.05, 0) is 31.6 Å². The van der Waals surface area contributed by atoms with Crippen molar-refractivity contribution in [1.82, 2.24) is 4.90 Å². The second-order valence-corrected chi connectivity index (χ2v) is 3.76. The van der Waals surface area contributed by atoms with Gasteiger partial charge in [-0.1, -0.05) is 26.0 Å². The summed E-state index contributed by atoms with van der Waals surface area (Å²) in [5.74, 6) is 0.106. The summed E-state index contributed by atoms with van der Waals surface area (Å²) in [5.41, 5.74) is 0.625. The first-order valence-corrected chi connectivity index (χ1v) is 5.79. The molecule has 0 atom stereocenters. The standard InChI is InChI=1S/C13H20FNO/c1-4-15(5-2)9-10-16-12-8-6-7-11(3)13(12)14/h6-8H,4-5,9-10H2,1-3H3. The lowest BCUT2D eigenvalue weighted by atomic mass is 10.2. The van der Waals surface area contributed by atoms with Crippen LogP contribution in [0.4, 0.5) is 4.39 Å². The van der Waals surface area contributed by atoms with Crippen LogP contribution in [0.25, 0.3) is 0 Å². The maximum absolute atomic E-state index is 13.6. The third kappa shape index (κ3) is 3.49. The monoisotopic (exact) mass is 225 g/mol. The Balaban J connectivity index is 2.46. The molecule has 2 nitrogen and oxygen atoms in total. The van der Waals surface area contributed by atoms with E-state index in [1.54, 1.807) is 19.1 Å². The van der Waals surface area contributed by atoms with Crippen molar-refractivity contribution in [2.45, 2.75) is 20.8 Å². The molecule has 0 N–H and O–H groups in total. The third-order valence-electron chi connectivity index (χ3n) is 2.72. The van der Waals surface area contributed by atoms with Gasteiger partial charge in [0.1, 0.15) is 6.61 Å². The molecule has 0 bridgehead atoms. The van der Waals surface area contributed by atoms with E-state index in [0.29, 0.717) is 17.9 Å². The molecule has 0 radical (unpaired) electrons. The molecule has 0 aliphatic rings. The van der Waals surface area contributed by atoms with E-state index in [-0.39, 0.29) is 5.82 Å². The predicted molar refractivity (Wildman–Crippen MR) is 64.4 cm³/mol. The third-order valence-corrected chi connectivity index (χ3v) is 2.72. The van der Waals surface area contributed by atoms with Crippen LogP contribution in [-0.4, -0.2) is 31.1 Å². The van der Waals surface area contributed by atoms with Gasteiger partial charge < -0.3 is 9.64 Å². The Morgan fingerprint density at radius 2 is 1.94 bits per heavy atom. The number of hydrogen-bond donors (Lipinski definition) is 0. The summed E-state index contributed by atoms with van der Waals surface area (Å²) >= 11 is 0. The van der Waals surface area contributed by atoms with E-state index in [9.17, 15) is 4.39 Å². The van der Waals surface area contributed by atoms with Gasteiger partial charge in [0.2, 0.25) is 0 Å². The molecule has 0 amide bonds. The van der Waals surface area contributed by atoms with Crippen molar-refractivity contribution < 1.29 is 9.13 Å². The molecular formula is C13H20FNO. The fraction of sp³-hybridized carbons (Fsp3) is 0.538. The fourth-order valence-corrected chi connectivity index (χ4v) is 1.56. The number of rotatable bonds is 6. The van der Waals surface area contributed by atoms with Gasteiger partial charge in [-0.25, -0.2) is 4.39 Å². The highest BCUT2D eigenvalue weighted by molar-refractivity contribution is 5.29. The van der Waals surface area contributed by atoms with Crippen molar-refractivity contribution in [3.63, 3.8) is 0 Å². The molecule has 3 heteroatoms. The lowest BCUT2D eigenvalue weighted by Crippen LogP contribution is -2.28. The van der Waals surface area contributed by atoms with E-state index in [1.807, 2.05) is 6.07 Å². The molecule has 90 valence electrons. The number of aryl methyl sites for hydroxylation is 1. The van der Waals surface area contributed by atoms with Gasteiger partial charge in [0, 0.05) is 6.54 Å². The number of hydrogen-bond acceptors (Lipinski definition) is 2. The average Bonchev–Trinajstić information content (AvgIpc) is 2.30. The van der Waals surface area contributed by atoms with Gasteiger partial charge in [-0.15, -0.1) is 0 Å². The first-order valence-electron chi connectivity index (χ1n) is 5.79. The van der Waals surface area contributed by atoms with E-state index in [0.717, 1.165) is 19.6 Å². The minimum Gasteiger partial charge on any atom is -0.489 e. The second-order valence-electron chi connectivity index (χ2n) is 3.76. The second kappa shape index (κ2) is 6.48. The fourth-order valence-electron chi connectivity index (χ4n) is 1.56. The largest absolute Gasteiger partial charge is 0.489 e. The summed E-state index contributed by atoms with van der Waals surface area (Å²) in [7, 11) is 0. The van der Waals surface area contributed by atoms with Crippen LogP contribution in [0.1, 0.15) is 19.4 Å². The van der Waals surface area contributed by atoms with Gasteiger partial charge >= 0.3 is 0 Å². The average molecular weight is 225 g/mol. The molecule has 0 unspecified atom stereocenters. The topological polar surface area (TPSA) is 12.5 Å². The number of benzene rings is 1. The van der Waals surface area contributed by atoms with Gasteiger partial charge in [0.25, 0.3) is 0 Å². The van der Waals surface area contributed by atoms with Gasteiger partial charge in [-0.3, -0.25) is 0 Å². The summed E-state index contributed by atoms with van der Waals surface area (Å²) in [6.45, 7) is 9.31. The zero-order valence-corrected chi connectivity index (χ0v) is 10.3.